The van der Waals surface area contributed by atoms with Gasteiger partial charge in [0.25, 0.3) is 11.5 Å². The molecule has 0 bridgehead atoms. The van der Waals surface area contributed by atoms with Crippen LogP contribution in [0.5, 0.6) is 0 Å². The monoisotopic (exact) mass is 249 g/mol. The minimum absolute atomic E-state index is 0.0482. The highest BCUT2D eigenvalue weighted by molar-refractivity contribution is 5.98. The fraction of sp³-hybridized carbons (Fsp3) is 0.417. The van der Waals surface area contributed by atoms with Crippen molar-refractivity contribution < 1.29 is 9.59 Å². The maximum absolute atomic E-state index is 12.1. The third-order valence-electron chi connectivity index (χ3n) is 3.30. The Kier molecular flexibility index (Phi) is 2.94. The van der Waals surface area contributed by atoms with E-state index in [1.165, 1.54) is 12.3 Å². The number of aromatic nitrogens is 1. The molecule has 0 aliphatic heterocycles. The van der Waals surface area contributed by atoms with E-state index in [1.54, 1.807) is 11.9 Å². The number of primary amides is 1. The molecule has 1 fully saturated rings. The average Bonchev–Trinajstić information content (AvgIpc) is 3.05. The summed E-state index contributed by atoms with van der Waals surface area (Å²) >= 11 is 0. The van der Waals surface area contributed by atoms with Crippen LogP contribution in [0.25, 0.3) is 0 Å². The number of nitrogens with two attached hydrogens (primary N) is 1. The van der Waals surface area contributed by atoms with Gasteiger partial charge in [-0.25, -0.2) is 0 Å². The molecular weight excluding hydrogens is 234 g/mol. The van der Waals surface area contributed by atoms with Gasteiger partial charge in [0.15, 0.2) is 0 Å². The van der Waals surface area contributed by atoms with Gasteiger partial charge in [-0.2, -0.15) is 0 Å². The number of nitrogens with one attached hydrogen (secondary N) is 1. The standard InChI is InChI=1S/C12H15N3O3/c1-6-3-9(6)15(2)12(18)8-4-7(10(13)16)5-14-11(8)17/h4-6,9H,3H2,1-2H3,(H2,13,16)(H,14,17)/t6-,9-/m0/s1. The van der Waals surface area contributed by atoms with Gasteiger partial charge in [0.2, 0.25) is 5.91 Å². The van der Waals surface area contributed by atoms with Crippen LogP contribution in [0, 0.1) is 5.92 Å². The van der Waals surface area contributed by atoms with Crippen LogP contribution < -0.4 is 11.3 Å². The van der Waals surface area contributed by atoms with Crippen LogP contribution in [-0.2, 0) is 0 Å². The Hall–Kier alpha value is -2.11. The van der Waals surface area contributed by atoms with Gasteiger partial charge in [-0.3, -0.25) is 14.4 Å². The fourth-order valence-electron chi connectivity index (χ4n) is 1.97. The Bertz CT molecular complexity index is 564. The molecule has 2 atom stereocenters. The van der Waals surface area contributed by atoms with Gasteiger partial charge in [-0.1, -0.05) is 6.92 Å². The average molecular weight is 249 g/mol. The Morgan fingerprint density at radius 3 is 2.61 bits per heavy atom. The topological polar surface area (TPSA) is 96.3 Å². The van der Waals surface area contributed by atoms with E-state index < -0.39 is 11.5 Å². The summed E-state index contributed by atoms with van der Waals surface area (Å²) in [5, 5.41) is 0. The summed E-state index contributed by atoms with van der Waals surface area (Å²) in [6.07, 6.45) is 2.15. The molecule has 6 heteroatoms. The second-order valence-corrected chi connectivity index (χ2v) is 4.69. The van der Waals surface area contributed by atoms with Gasteiger partial charge in [-0.15, -0.1) is 0 Å². The highest BCUT2D eigenvalue weighted by atomic mass is 16.2. The summed E-state index contributed by atoms with van der Waals surface area (Å²) in [5.74, 6) is -0.603. The number of H-pyrrole nitrogens is 1. The first-order valence-corrected chi connectivity index (χ1v) is 5.71. The van der Waals surface area contributed by atoms with Crippen LogP contribution in [0.4, 0.5) is 0 Å². The van der Waals surface area contributed by atoms with Crippen molar-refractivity contribution in [3.63, 3.8) is 0 Å². The molecule has 0 spiro atoms. The largest absolute Gasteiger partial charge is 0.366 e. The molecule has 0 aromatic carbocycles. The van der Waals surface area contributed by atoms with Gasteiger partial charge in [0, 0.05) is 19.3 Å². The van der Waals surface area contributed by atoms with Gasteiger partial charge in [-0.05, 0) is 18.4 Å². The summed E-state index contributed by atoms with van der Waals surface area (Å²) in [7, 11) is 1.66. The first-order valence-electron chi connectivity index (χ1n) is 5.71. The number of nitrogens with zero attached hydrogens (tertiary/aromatic N) is 1. The van der Waals surface area contributed by atoms with Crippen molar-refractivity contribution in [3.8, 4) is 0 Å². The third kappa shape index (κ3) is 2.13. The zero-order valence-electron chi connectivity index (χ0n) is 10.3. The van der Waals surface area contributed by atoms with E-state index in [0.29, 0.717) is 5.92 Å². The lowest BCUT2D eigenvalue weighted by Crippen LogP contribution is -2.34. The molecule has 0 unspecified atom stereocenters. The lowest BCUT2D eigenvalue weighted by molar-refractivity contribution is 0.0777. The first-order chi connectivity index (χ1) is 8.41. The molecule has 0 saturated heterocycles. The van der Waals surface area contributed by atoms with Gasteiger partial charge in [0.1, 0.15) is 5.56 Å². The van der Waals surface area contributed by atoms with E-state index in [9.17, 15) is 14.4 Å². The van der Waals surface area contributed by atoms with Crippen molar-refractivity contribution in [2.75, 3.05) is 7.05 Å². The van der Waals surface area contributed by atoms with E-state index in [0.717, 1.165) is 6.42 Å². The highest BCUT2D eigenvalue weighted by Crippen LogP contribution is 2.34. The molecule has 1 aliphatic carbocycles. The van der Waals surface area contributed by atoms with Crippen LogP contribution in [0.15, 0.2) is 17.1 Å². The zero-order valence-corrected chi connectivity index (χ0v) is 10.3. The maximum atomic E-state index is 12.1. The summed E-state index contributed by atoms with van der Waals surface area (Å²) in [4.78, 5) is 38.7. The SMILES string of the molecule is C[C@H]1C[C@@H]1N(C)C(=O)c1cc(C(N)=O)c[nH]c1=O. The third-order valence-corrected chi connectivity index (χ3v) is 3.30. The molecule has 2 amide bonds. The van der Waals surface area contributed by atoms with Crippen LogP contribution in [0.2, 0.25) is 0 Å². The van der Waals surface area contributed by atoms with E-state index in [-0.39, 0.29) is 23.1 Å². The minimum Gasteiger partial charge on any atom is -0.366 e. The summed E-state index contributed by atoms with van der Waals surface area (Å²) in [6.45, 7) is 2.04. The highest BCUT2D eigenvalue weighted by Gasteiger charge is 2.39. The minimum atomic E-state index is -0.678. The molecule has 96 valence electrons. The van der Waals surface area contributed by atoms with Crippen LogP contribution in [0.1, 0.15) is 34.1 Å². The lowest BCUT2D eigenvalue weighted by atomic mass is 10.1. The van der Waals surface area contributed by atoms with Gasteiger partial charge < -0.3 is 15.6 Å². The zero-order chi connectivity index (χ0) is 13.4. The van der Waals surface area contributed by atoms with Crippen molar-refractivity contribution in [1.29, 1.82) is 0 Å². The quantitative estimate of drug-likeness (QED) is 0.786. The number of rotatable bonds is 3. The van der Waals surface area contributed by atoms with E-state index in [4.69, 9.17) is 5.73 Å². The Morgan fingerprint density at radius 2 is 2.11 bits per heavy atom. The normalized spacial score (nSPS) is 21.4. The Balaban J connectivity index is 2.32. The van der Waals surface area contributed by atoms with Crippen LogP contribution >= 0.6 is 0 Å². The molecular formula is C12H15N3O3. The Morgan fingerprint density at radius 1 is 1.50 bits per heavy atom. The number of carbonyl (C=O) groups excluding carboxylic acids is 2. The first kappa shape index (κ1) is 12.3. The summed E-state index contributed by atoms with van der Waals surface area (Å²) < 4.78 is 0. The molecule has 3 N–H and O–H groups in total. The lowest BCUT2D eigenvalue weighted by Gasteiger charge is -2.16. The summed E-state index contributed by atoms with van der Waals surface area (Å²) in [5.41, 5.74) is 4.68. The Labute approximate surface area is 104 Å². The number of hydrogen-bond donors (Lipinski definition) is 2. The van der Waals surface area contributed by atoms with Gasteiger partial charge >= 0.3 is 0 Å². The van der Waals surface area contributed by atoms with Crippen LogP contribution in [0.3, 0.4) is 0 Å². The number of carbonyl (C=O) groups is 2. The van der Waals surface area contributed by atoms with Crippen molar-refractivity contribution in [3.05, 3.63) is 33.7 Å². The van der Waals surface area contributed by atoms with Crippen molar-refractivity contribution in [1.82, 2.24) is 9.88 Å². The predicted molar refractivity (Wildman–Crippen MR) is 65.2 cm³/mol. The molecule has 1 aromatic heterocycles. The number of hydrogen-bond acceptors (Lipinski definition) is 3. The predicted octanol–water partition coefficient (Wildman–Crippen LogP) is -0.0458. The van der Waals surface area contributed by atoms with Crippen molar-refractivity contribution in [2.24, 2.45) is 11.7 Å². The molecule has 0 radical (unpaired) electrons. The molecule has 18 heavy (non-hydrogen) atoms. The molecule has 2 rings (SSSR count). The number of amides is 2. The second-order valence-electron chi connectivity index (χ2n) is 4.69. The number of aromatic amines is 1. The molecule has 6 nitrogen and oxygen atoms in total. The van der Waals surface area contributed by atoms with E-state index >= 15 is 0 Å². The molecule has 1 aromatic rings. The van der Waals surface area contributed by atoms with Crippen LogP contribution in [-0.4, -0.2) is 34.8 Å². The molecule has 1 heterocycles. The number of pyridine rings is 1. The van der Waals surface area contributed by atoms with E-state index in [1.807, 2.05) is 6.92 Å². The fourth-order valence-corrected chi connectivity index (χ4v) is 1.97. The van der Waals surface area contributed by atoms with Gasteiger partial charge in [0.05, 0.1) is 5.56 Å². The van der Waals surface area contributed by atoms with Crippen molar-refractivity contribution >= 4 is 11.8 Å². The smallest absolute Gasteiger partial charge is 0.260 e. The molecule has 1 aliphatic rings. The van der Waals surface area contributed by atoms with Crippen molar-refractivity contribution in [2.45, 2.75) is 19.4 Å². The second kappa shape index (κ2) is 4.29. The summed E-state index contributed by atoms with van der Waals surface area (Å²) in [6, 6.07) is 1.42. The maximum Gasteiger partial charge on any atom is 0.260 e. The molecule has 1 saturated carbocycles. The van der Waals surface area contributed by atoms with E-state index in [2.05, 4.69) is 4.98 Å².